The lowest BCUT2D eigenvalue weighted by Crippen LogP contribution is -2.52. The van der Waals surface area contributed by atoms with E-state index in [0.29, 0.717) is 5.06 Å². The molecule has 0 atom stereocenters. The Morgan fingerprint density at radius 2 is 1.59 bits per heavy atom. The highest BCUT2D eigenvalue weighted by molar-refractivity contribution is 6.21. The Morgan fingerprint density at radius 3 is 2.05 bits per heavy atom. The highest BCUT2D eigenvalue weighted by Crippen LogP contribution is 2.23. The number of alkyl carbamates (subject to hydrolysis) is 1. The molecule has 116 valence electrons. The van der Waals surface area contributed by atoms with E-state index in [0.717, 1.165) is 7.11 Å². The monoisotopic (exact) mass is 306 g/mol. The predicted octanol–water partition coefficient (Wildman–Crippen LogP) is 0.875. The van der Waals surface area contributed by atoms with Crippen molar-refractivity contribution in [2.45, 2.75) is 19.4 Å². The van der Waals surface area contributed by atoms with Crippen LogP contribution in [0, 0.1) is 0 Å². The number of ether oxygens (including phenoxy) is 1. The zero-order chi connectivity index (χ0) is 16.5. The number of hydrogen-bond donors (Lipinski definition) is 1. The van der Waals surface area contributed by atoms with Gasteiger partial charge in [0.2, 0.25) is 0 Å². The Bertz CT molecular complexity index is 632. The van der Waals surface area contributed by atoms with Gasteiger partial charge in [-0.2, -0.15) is 0 Å². The molecule has 8 nitrogen and oxygen atoms in total. The largest absolute Gasteiger partial charge is 0.453 e. The molecular weight excluding hydrogens is 292 g/mol. The van der Waals surface area contributed by atoms with Crippen LogP contribution < -0.4 is 5.32 Å². The second-order valence-corrected chi connectivity index (χ2v) is 5.07. The summed E-state index contributed by atoms with van der Waals surface area (Å²) in [7, 11) is 1.14. The lowest BCUT2D eigenvalue weighted by molar-refractivity contribution is -0.175. The summed E-state index contributed by atoms with van der Waals surface area (Å²) in [5.74, 6) is -2.45. The van der Waals surface area contributed by atoms with Gasteiger partial charge in [-0.05, 0) is 26.0 Å². The van der Waals surface area contributed by atoms with Crippen molar-refractivity contribution in [1.29, 1.82) is 0 Å². The smallest absolute Gasteiger partial charge is 0.407 e. The SMILES string of the molecule is COC(=O)NC(C)(C)C(=O)ON1C(=O)c2ccccc2C1=O. The minimum atomic E-state index is -1.48. The van der Waals surface area contributed by atoms with Crippen molar-refractivity contribution < 1.29 is 28.8 Å². The summed E-state index contributed by atoms with van der Waals surface area (Å²) in [6, 6.07) is 6.11. The number of hydroxylamine groups is 2. The van der Waals surface area contributed by atoms with Gasteiger partial charge in [0.15, 0.2) is 0 Å². The van der Waals surface area contributed by atoms with E-state index < -0.39 is 29.4 Å². The number of carbonyl (C=O) groups is 4. The summed E-state index contributed by atoms with van der Waals surface area (Å²) in [6.45, 7) is 2.70. The third-order valence-electron chi connectivity index (χ3n) is 3.04. The Balaban J connectivity index is 2.15. The second-order valence-electron chi connectivity index (χ2n) is 5.07. The molecule has 2 rings (SSSR count). The van der Waals surface area contributed by atoms with Crippen molar-refractivity contribution in [2.24, 2.45) is 0 Å². The van der Waals surface area contributed by atoms with Gasteiger partial charge in [-0.25, -0.2) is 9.59 Å². The second kappa shape index (κ2) is 5.47. The number of carbonyl (C=O) groups excluding carboxylic acids is 4. The van der Waals surface area contributed by atoms with Gasteiger partial charge >= 0.3 is 12.1 Å². The van der Waals surface area contributed by atoms with E-state index in [1.807, 2.05) is 0 Å². The molecule has 0 radical (unpaired) electrons. The first-order chi connectivity index (χ1) is 10.3. The van der Waals surface area contributed by atoms with Gasteiger partial charge in [0.25, 0.3) is 11.8 Å². The molecule has 3 amide bonds. The number of imide groups is 1. The number of benzene rings is 1. The fraction of sp³-hybridized carbons (Fsp3) is 0.286. The molecule has 1 heterocycles. The van der Waals surface area contributed by atoms with Crippen LogP contribution in [-0.4, -0.2) is 41.6 Å². The van der Waals surface area contributed by atoms with Crippen molar-refractivity contribution in [3.8, 4) is 0 Å². The van der Waals surface area contributed by atoms with Crippen LogP contribution >= 0.6 is 0 Å². The zero-order valence-electron chi connectivity index (χ0n) is 12.2. The number of nitrogens with zero attached hydrogens (tertiary/aromatic N) is 1. The number of methoxy groups -OCH3 is 1. The average molecular weight is 306 g/mol. The lowest BCUT2D eigenvalue weighted by Gasteiger charge is -2.24. The highest BCUT2D eigenvalue weighted by atomic mass is 16.7. The minimum absolute atomic E-state index is 0.152. The Hall–Kier alpha value is -2.90. The van der Waals surface area contributed by atoms with Crippen molar-refractivity contribution in [3.05, 3.63) is 35.4 Å². The van der Waals surface area contributed by atoms with E-state index in [1.165, 1.54) is 26.0 Å². The fourth-order valence-corrected chi connectivity index (χ4v) is 1.80. The maximum Gasteiger partial charge on any atom is 0.407 e. The maximum atomic E-state index is 12.1. The third-order valence-corrected chi connectivity index (χ3v) is 3.04. The molecule has 0 fully saturated rings. The molecule has 1 N–H and O–H groups in total. The summed E-state index contributed by atoms with van der Waals surface area (Å²) in [4.78, 5) is 52.2. The zero-order valence-corrected chi connectivity index (χ0v) is 12.2. The van der Waals surface area contributed by atoms with Gasteiger partial charge in [0, 0.05) is 0 Å². The van der Waals surface area contributed by atoms with Crippen LogP contribution in [-0.2, 0) is 14.4 Å². The molecule has 0 spiro atoms. The van der Waals surface area contributed by atoms with Gasteiger partial charge in [-0.15, -0.1) is 0 Å². The summed E-state index contributed by atoms with van der Waals surface area (Å²) >= 11 is 0. The number of hydrogen-bond acceptors (Lipinski definition) is 6. The van der Waals surface area contributed by atoms with Crippen LogP contribution in [0.5, 0.6) is 0 Å². The first-order valence-corrected chi connectivity index (χ1v) is 6.34. The molecule has 0 bridgehead atoms. The number of rotatable bonds is 3. The lowest BCUT2D eigenvalue weighted by atomic mass is 10.1. The van der Waals surface area contributed by atoms with Crippen LogP contribution in [0.3, 0.4) is 0 Å². The molecule has 0 saturated carbocycles. The van der Waals surface area contributed by atoms with E-state index in [9.17, 15) is 19.2 Å². The standard InChI is InChI=1S/C14H14N2O6/c1-14(2,15-13(20)21-3)12(19)22-16-10(17)8-6-4-5-7-9(8)11(16)18/h4-7H,1-3H3,(H,15,20). The number of amides is 3. The number of fused-ring (bicyclic) bond motifs is 1. The highest BCUT2D eigenvalue weighted by Gasteiger charge is 2.42. The van der Waals surface area contributed by atoms with E-state index >= 15 is 0 Å². The molecule has 1 aromatic carbocycles. The van der Waals surface area contributed by atoms with E-state index in [1.54, 1.807) is 12.1 Å². The Kier molecular flexibility index (Phi) is 3.85. The maximum absolute atomic E-state index is 12.1. The predicted molar refractivity (Wildman–Crippen MR) is 72.7 cm³/mol. The molecule has 22 heavy (non-hydrogen) atoms. The fourth-order valence-electron chi connectivity index (χ4n) is 1.80. The minimum Gasteiger partial charge on any atom is -0.453 e. The first-order valence-electron chi connectivity index (χ1n) is 6.34. The normalized spacial score (nSPS) is 13.7. The molecule has 0 aromatic heterocycles. The summed E-state index contributed by atoms with van der Waals surface area (Å²) in [6.07, 6.45) is -0.843. The molecular formula is C14H14N2O6. The first kappa shape index (κ1) is 15.5. The van der Waals surface area contributed by atoms with Crippen molar-refractivity contribution in [1.82, 2.24) is 10.4 Å². The summed E-state index contributed by atoms with van der Waals surface area (Å²) in [5, 5.41) is 2.63. The van der Waals surface area contributed by atoms with Crippen LogP contribution in [0.4, 0.5) is 4.79 Å². The van der Waals surface area contributed by atoms with Crippen LogP contribution in [0.1, 0.15) is 34.6 Å². The van der Waals surface area contributed by atoms with Crippen LogP contribution in [0.15, 0.2) is 24.3 Å². The van der Waals surface area contributed by atoms with Gasteiger partial charge in [-0.1, -0.05) is 17.2 Å². The van der Waals surface area contributed by atoms with Gasteiger partial charge in [-0.3, -0.25) is 9.59 Å². The van der Waals surface area contributed by atoms with E-state index in [-0.39, 0.29) is 11.1 Å². The number of nitrogens with one attached hydrogen (secondary N) is 1. The van der Waals surface area contributed by atoms with Crippen molar-refractivity contribution >= 4 is 23.9 Å². The molecule has 8 heteroatoms. The van der Waals surface area contributed by atoms with Crippen molar-refractivity contribution in [2.75, 3.05) is 7.11 Å². The van der Waals surface area contributed by atoms with Gasteiger partial charge in [0.1, 0.15) is 5.54 Å². The van der Waals surface area contributed by atoms with Gasteiger partial charge < -0.3 is 14.9 Å². The third kappa shape index (κ3) is 2.62. The molecule has 0 aliphatic carbocycles. The average Bonchev–Trinajstić information content (AvgIpc) is 2.72. The molecule has 1 aliphatic rings. The van der Waals surface area contributed by atoms with Crippen molar-refractivity contribution in [3.63, 3.8) is 0 Å². The van der Waals surface area contributed by atoms with Crippen LogP contribution in [0.25, 0.3) is 0 Å². The summed E-state index contributed by atoms with van der Waals surface area (Å²) < 4.78 is 4.39. The molecule has 0 saturated heterocycles. The quantitative estimate of drug-likeness (QED) is 0.832. The summed E-state index contributed by atoms with van der Waals surface area (Å²) in [5.41, 5.74) is -1.18. The Labute approximate surface area is 125 Å². The van der Waals surface area contributed by atoms with Crippen LogP contribution in [0.2, 0.25) is 0 Å². The Morgan fingerprint density at radius 1 is 1.09 bits per heavy atom. The molecule has 1 aromatic rings. The topological polar surface area (TPSA) is 102 Å². The van der Waals surface area contributed by atoms with Gasteiger partial charge in [0.05, 0.1) is 18.2 Å². The molecule has 1 aliphatic heterocycles. The molecule has 0 unspecified atom stereocenters. The van der Waals surface area contributed by atoms with E-state index in [2.05, 4.69) is 10.1 Å². The van der Waals surface area contributed by atoms with E-state index in [4.69, 9.17) is 4.84 Å².